The number of benzene rings is 2. The van der Waals surface area contributed by atoms with Gasteiger partial charge in [0.15, 0.2) is 11.5 Å². The maximum Gasteiger partial charge on any atom is 0.255 e. The maximum absolute atomic E-state index is 12.7. The van der Waals surface area contributed by atoms with E-state index in [0.717, 1.165) is 29.8 Å². The zero-order valence-electron chi connectivity index (χ0n) is 18.0. The highest BCUT2D eigenvalue weighted by atomic mass is 16.5. The summed E-state index contributed by atoms with van der Waals surface area (Å²) in [6.45, 7) is 2.70. The summed E-state index contributed by atoms with van der Waals surface area (Å²) in [5, 5.41) is 19.9. The maximum atomic E-state index is 12.7. The van der Waals surface area contributed by atoms with E-state index in [1.54, 1.807) is 30.6 Å². The van der Waals surface area contributed by atoms with Crippen molar-refractivity contribution in [2.24, 2.45) is 0 Å². The van der Waals surface area contributed by atoms with Crippen molar-refractivity contribution in [3.63, 3.8) is 0 Å². The molecule has 0 saturated carbocycles. The number of hydrogen-bond donors (Lipinski definition) is 3. The van der Waals surface area contributed by atoms with E-state index in [0.29, 0.717) is 30.0 Å². The highest BCUT2D eigenvalue weighted by Gasteiger charge is 2.23. The summed E-state index contributed by atoms with van der Waals surface area (Å²) in [6, 6.07) is 12.6. The number of nitrogens with one attached hydrogen (secondary N) is 1. The minimum atomic E-state index is -0.305. The molecule has 0 aliphatic carbocycles. The number of aromatic hydroxyl groups is 2. The Morgan fingerprint density at radius 1 is 1.09 bits per heavy atom. The van der Waals surface area contributed by atoms with Crippen LogP contribution < -0.4 is 9.64 Å². The SMILES string of the molecule is COc1cc(-c2nc3cc(N4CCN(C(=O)c5cccnc5)CC4)ccc3[nH]2)cc(O)c1O. The van der Waals surface area contributed by atoms with Crippen molar-refractivity contribution in [2.75, 3.05) is 38.2 Å². The number of hydrogen-bond acceptors (Lipinski definition) is 7. The van der Waals surface area contributed by atoms with Crippen LogP contribution in [0.25, 0.3) is 22.4 Å². The topological polar surface area (TPSA) is 115 Å². The first-order valence-electron chi connectivity index (χ1n) is 10.6. The first kappa shape index (κ1) is 20.6. The lowest BCUT2D eigenvalue weighted by molar-refractivity contribution is 0.0746. The predicted octanol–water partition coefficient (Wildman–Crippen LogP) is 3.01. The van der Waals surface area contributed by atoms with Crippen molar-refractivity contribution in [2.45, 2.75) is 0 Å². The molecular formula is C24H23N5O4. The zero-order valence-corrected chi connectivity index (χ0v) is 18.0. The molecule has 0 atom stereocenters. The van der Waals surface area contributed by atoms with Crippen molar-refractivity contribution < 1.29 is 19.7 Å². The van der Waals surface area contributed by atoms with E-state index in [-0.39, 0.29) is 23.2 Å². The molecular weight excluding hydrogens is 422 g/mol. The first-order chi connectivity index (χ1) is 16.0. The third-order valence-electron chi connectivity index (χ3n) is 5.86. The summed E-state index contributed by atoms with van der Waals surface area (Å²) in [7, 11) is 1.42. The third kappa shape index (κ3) is 3.89. The molecule has 9 heteroatoms. The van der Waals surface area contributed by atoms with E-state index < -0.39 is 0 Å². The summed E-state index contributed by atoms with van der Waals surface area (Å²) in [4.78, 5) is 28.7. The van der Waals surface area contributed by atoms with Gasteiger partial charge in [-0.15, -0.1) is 0 Å². The lowest BCUT2D eigenvalue weighted by Gasteiger charge is -2.36. The molecule has 33 heavy (non-hydrogen) atoms. The molecule has 0 bridgehead atoms. The summed E-state index contributed by atoms with van der Waals surface area (Å²) >= 11 is 0. The van der Waals surface area contributed by atoms with Crippen LogP contribution in [0, 0.1) is 0 Å². The number of phenols is 2. The standard InChI is InChI=1S/C24H23N5O4/c1-33-21-12-16(11-20(30)22(21)31)23-26-18-5-4-17(13-19(18)27-23)28-7-9-29(10-8-28)24(32)15-3-2-6-25-14-15/h2-6,11-14,30-31H,7-10H2,1H3,(H,26,27). The van der Waals surface area contributed by atoms with Crippen molar-refractivity contribution in [1.82, 2.24) is 19.9 Å². The number of amides is 1. The van der Waals surface area contributed by atoms with E-state index in [1.165, 1.54) is 13.2 Å². The van der Waals surface area contributed by atoms with Crippen LogP contribution in [0.5, 0.6) is 17.2 Å². The molecule has 2 aromatic heterocycles. The van der Waals surface area contributed by atoms with Crippen LogP contribution >= 0.6 is 0 Å². The fraction of sp³-hybridized carbons (Fsp3) is 0.208. The lowest BCUT2D eigenvalue weighted by Crippen LogP contribution is -2.48. The summed E-state index contributed by atoms with van der Waals surface area (Å²) < 4.78 is 5.12. The van der Waals surface area contributed by atoms with Crippen LogP contribution in [0.15, 0.2) is 54.9 Å². The van der Waals surface area contributed by atoms with Gasteiger partial charge in [0.2, 0.25) is 5.75 Å². The largest absolute Gasteiger partial charge is 0.504 e. The second-order valence-corrected chi connectivity index (χ2v) is 7.85. The Hall–Kier alpha value is -4.27. The van der Waals surface area contributed by atoms with Gasteiger partial charge in [0.05, 0.1) is 23.7 Å². The zero-order chi connectivity index (χ0) is 22.9. The molecule has 1 aliphatic rings. The fourth-order valence-corrected chi connectivity index (χ4v) is 4.05. The van der Waals surface area contributed by atoms with Gasteiger partial charge in [0.25, 0.3) is 5.91 Å². The summed E-state index contributed by atoms with van der Waals surface area (Å²) in [5.41, 5.74) is 3.87. The number of nitrogens with zero attached hydrogens (tertiary/aromatic N) is 4. The van der Waals surface area contributed by atoms with Crippen molar-refractivity contribution in [3.8, 4) is 28.6 Å². The summed E-state index contributed by atoms with van der Waals surface area (Å²) in [6.07, 6.45) is 3.26. The Balaban J connectivity index is 1.34. The Morgan fingerprint density at radius 3 is 2.64 bits per heavy atom. The number of fused-ring (bicyclic) bond motifs is 1. The number of ether oxygens (including phenoxy) is 1. The molecule has 1 fully saturated rings. The molecule has 1 aliphatic heterocycles. The van der Waals surface area contributed by atoms with Gasteiger partial charge in [-0.25, -0.2) is 4.98 Å². The number of pyridine rings is 1. The first-order valence-corrected chi connectivity index (χ1v) is 10.6. The highest BCUT2D eigenvalue weighted by Crippen LogP contribution is 2.39. The van der Waals surface area contributed by atoms with Gasteiger partial charge in [-0.3, -0.25) is 9.78 Å². The number of rotatable bonds is 4. The number of imidazole rings is 1. The van der Waals surface area contributed by atoms with Crippen LogP contribution in [0.1, 0.15) is 10.4 Å². The number of methoxy groups -OCH3 is 1. The summed E-state index contributed by atoms with van der Waals surface area (Å²) in [5.74, 6) is 0.153. The number of anilines is 1. The fourth-order valence-electron chi connectivity index (χ4n) is 4.05. The number of H-pyrrole nitrogens is 1. The molecule has 1 amide bonds. The van der Waals surface area contributed by atoms with E-state index in [1.807, 2.05) is 23.1 Å². The molecule has 0 unspecified atom stereocenters. The Kier molecular flexibility index (Phi) is 5.21. The Labute approximate surface area is 189 Å². The van der Waals surface area contributed by atoms with E-state index in [4.69, 9.17) is 4.74 Å². The van der Waals surface area contributed by atoms with Crippen LogP contribution in [0.4, 0.5) is 5.69 Å². The molecule has 168 valence electrons. The Bertz CT molecular complexity index is 1310. The van der Waals surface area contributed by atoms with Crippen LogP contribution in [-0.2, 0) is 0 Å². The average Bonchev–Trinajstić information content (AvgIpc) is 3.29. The highest BCUT2D eigenvalue weighted by molar-refractivity contribution is 5.94. The molecule has 3 heterocycles. The van der Waals surface area contributed by atoms with Gasteiger partial charge in [0.1, 0.15) is 5.82 Å². The number of phenolic OH excluding ortho intramolecular Hbond substituents is 2. The van der Waals surface area contributed by atoms with Gasteiger partial charge >= 0.3 is 0 Å². The molecule has 0 radical (unpaired) electrons. The molecule has 3 N–H and O–H groups in total. The molecule has 9 nitrogen and oxygen atoms in total. The molecule has 1 saturated heterocycles. The number of aromatic nitrogens is 3. The number of piperazine rings is 1. The predicted molar refractivity (Wildman–Crippen MR) is 124 cm³/mol. The van der Waals surface area contributed by atoms with Crippen LogP contribution in [-0.4, -0.2) is 69.3 Å². The second-order valence-electron chi connectivity index (χ2n) is 7.85. The minimum absolute atomic E-state index is 0.00252. The number of carbonyl (C=O) groups excluding carboxylic acids is 1. The normalized spacial score (nSPS) is 14.0. The van der Waals surface area contributed by atoms with Crippen molar-refractivity contribution in [3.05, 3.63) is 60.4 Å². The molecule has 0 spiro atoms. The van der Waals surface area contributed by atoms with Crippen LogP contribution in [0.2, 0.25) is 0 Å². The second kappa shape index (κ2) is 8.34. The van der Waals surface area contributed by atoms with Gasteiger partial charge in [0, 0.05) is 49.8 Å². The quantitative estimate of drug-likeness (QED) is 0.414. The average molecular weight is 445 g/mol. The number of carbonyl (C=O) groups is 1. The monoisotopic (exact) mass is 445 g/mol. The molecule has 2 aromatic carbocycles. The van der Waals surface area contributed by atoms with Crippen LogP contribution in [0.3, 0.4) is 0 Å². The minimum Gasteiger partial charge on any atom is -0.504 e. The van der Waals surface area contributed by atoms with Crippen molar-refractivity contribution in [1.29, 1.82) is 0 Å². The van der Waals surface area contributed by atoms with Gasteiger partial charge in [-0.2, -0.15) is 0 Å². The third-order valence-corrected chi connectivity index (χ3v) is 5.86. The van der Waals surface area contributed by atoms with E-state index in [9.17, 15) is 15.0 Å². The molecule has 5 rings (SSSR count). The lowest BCUT2D eigenvalue weighted by atomic mass is 10.1. The smallest absolute Gasteiger partial charge is 0.255 e. The van der Waals surface area contributed by atoms with Gasteiger partial charge in [-0.05, 0) is 42.5 Å². The molecule has 4 aromatic rings. The van der Waals surface area contributed by atoms with Gasteiger partial charge < -0.3 is 29.7 Å². The van der Waals surface area contributed by atoms with Gasteiger partial charge in [-0.1, -0.05) is 0 Å². The Morgan fingerprint density at radius 2 is 1.91 bits per heavy atom. The van der Waals surface area contributed by atoms with Crippen molar-refractivity contribution >= 4 is 22.6 Å². The number of aromatic amines is 1. The van der Waals surface area contributed by atoms with E-state index >= 15 is 0 Å². The van der Waals surface area contributed by atoms with E-state index in [2.05, 4.69) is 19.9 Å².